The third-order valence-corrected chi connectivity index (χ3v) is 4.09. The number of benzene rings is 1. The van der Waals surface area contributed by atoms with E-state index in [0.717, 1.165) is 12.1 Å². The lowest BCUT2D eigenvalue weighted by Crippen LogP contribution is -2.12. The van der Waals surface area contributed by atoms with E-state index in [1.165, 1.54) is 17.8 Å². The van der Waals surface area contributed by atoms with E-state index in [9.17, 15) is 4.79 Å². The Labute approximate surface area is 134 Å². The van der Waals surface area contributed by atoms with Gasteiger partial charge in [-0.2, -0.15) is 0 Å². The van der Waals surface area contributed by atoms with Crippen LogP contribution in [0.3, 0.4) is 0 Å². The summed E-state index contributed by atoms with van der Waals surface area (Å²) in [4.78, 5) is 16.0. The Hall–Kier alpha value is -1.58. The third-order valence-electron chi connectivity index (χ3n) is 3.41. The molecule has 1 atom stereocenters. The average Bonchev–Trinajstić information content (AvgIpc) is 2.50. The Balaban J connectivity index is 2.10. The molecule has 0 saturated carbocycles. The van der Waals surface area contributed by atoms with Crippen molar-refractivity contribution >= 4 is 34.8 Å². The highest BCUT2D eigenvalue weighted by Gasteiger charge is 2.10. The number of amides is 1. The zero-order valence-electron chi connectivity index (χ0n) is 11.9. The second-order valence-corrected chi connectivity index (χ2v) is 5.65. The summed E-state index contributed by atoms with van der Waals surface area (Å²) in [5, 5.41) is 3.26. The van der Waals surface area contributed by atoms with E-state index >= 15 is 0 Å². The molecule has 0 aliphatic carbocycles. The first-order valence-electron chi connectivity index (χ1n) is 6.73. The minimum Gasteiger partial charge on any atom is -0.322 e. The standard InChI is InChI=1S/C16H16Cl2N2O/c1-3-10(2)11-4-6-13(7-5-11)20-16(21)12-8-14(17)15(18)19-9-12/h4-10H,3H2,1-2H3,(H,20,21). The predicted octanol–water partition coefficient (Wildman–Crippen LogP) is 5.15. The van der Waals surface area contributed by atoms with Gasteiger partial charge in [0.15, 0.2) is 0 Å². The van der Waals surface area contributed by atoms with E-state index in [4.69, 9.17) is 23.2 Å². The Kier molecular flexibility index (Phi) is 5.21. The smallest absolute Gasteiger partial charge is 0.257 e. The van der Waals surface area contributed by atoms with Gasteiger partial charge in [0.1, 0.15) is 5.15 Å². The van der Waals surface area contributed by atoms with Gasteiger partial charge in [0, 0.05) is 11.9 Å². The molecule has 0 aliphatic rings. The molecule has 5 heteroatoms. The van der Waals surface area contributed by atoms with Crippen molar-refractivity contribution in [2.24, 2.45) is 0 Å². The third kappa shape index (κ3) is 3.96. The van der Waals surface area contributed by atoms with E-state index in [1.54, 1.807) is 0 Å². The molecule has 1 unspecified atom stereocenters. The highest BCUT2D eigenvalue weighted by atomic mass is 35.5. The first-order valence-corrected chi connectivity index (χ1v) is 7.49. The molecular weight excluding hydrogens is 307 g/mol. The van der Waals surface area contributed by atoms with Crippen molar-refractivity contribution in [1.29, 1.82) is 0 Å². The van der Waals surface area contributed by atoms with Crippen molar-refractivity contribution in [2.45, 2.75) is 26.2 Å². The number of halogens is 2. The molecule has 21 heavy (non-hydrogen) atoms. The van der Waals surface area contributed by atoms with Crippen LogP contribution in [0.5, 0.6) is 0 Å². The number of pyridine rings is 1. The van der Waals surface area contributed by atoms with Gasteiger partial charge in [-0.15, -0.1) is 0 Å². The van der Waals surface area contributed by atoms with E-state index in [2.05, 4.69) is 24.1 Å². The van der Waals surface area contributed by atoms with Crippen LogP contribution in [0.4, 0.5) is 5.69 Å². The van der Waals surface area contributed by atoms with Crippen molar-refractivity contribution in [2.75, 3.05) is 5.32 Å². The lowest BCUT2D eigenvalue weighted by atomic mass is 9.99. The zero-order chi connectivity index (χ0) is 15.4. The summed E-state index contributed by atoms with van der Waals surface area (Å²) in [5.41, 5.74) is 2.36. The Morgan fingerprint density at radius 2 is 1.95 bits per heavy atom. The number of hydrogen-bond donors (Lipinski definition) is 1. The first-order chi connectivity index (χ1) is 10.0. The number of nitrogens with zero attached hydrogens (tertiary/aromatic N) is 1. The summed E-state index contributed by atoms with van der Waals surface area (Å²) in [7, 11) is 0. The number of nitrogens with one attached hydrogen (secondary N) is 1. The molecule has 0 saturated heterocycles. The minimum atomic E-state index is -0.266. The predicted molar refractivity (Wildman–Crippen MR) is 87.4 cm³/mol. The molecule has 0 spiro atoms. The van der Waals surface area contributed by atoms with Gasteiger partial charge in [0.25, 0.3) is 5.91 Å². The highest BCUT2D eigenvalue weighted by Crippen LogP contribution is 2.22. The van der Waals surface area contributed by atoms with Crippen molar-refractivity contribution in [1.82, 2.24) is 4.98 Å². The molecular formula is C16H16Cl2N2O. The van der Waals surface area contributed by atoms with Crippen LogP contribution in [0.2, 0.25) is 10.2 Å². The van der Waals surface area contributed by atoms with Gasteiger partial charge >= 0.3 is 0 Å². The van der Waals surface area contributed by atoms with Gasteiger partial charge in [-0.3, -0.25) is 4.79 Å². The summed E-state index contributed by atoms with van der Waals surface area (Å²) in [6, 6.07) is 9.34. The van der Waals surface area contributed by atoms with Gasteiger partial charge < -0.3 is 5.32 Å². The molecule has 3 nitrogen and oxygen atoms in total. The highest BCUT2D eigenvalue weighted by molar-refractivity contribution is 6.41. The van der Waals surface area contributed by atoms with Crippen molar-refractivity contribution < 1.29 is 4.79 Å². The lowest BCUT2D eigenvalue weighted by molar-refractivity contribution is 0.102. The van der Waals surface area contributed by atoms with Crippen molar-refractivity contribution in [3.63, 3.8) is 0 Å². The van der Waals surface area contributed by atoms with E-state index < -0.39 is 0 Å². The number of aromatic nitrogens is 1. The fourth-order valence-corrected chi connectivity index (χ4v) is 2.15. The molecule has 2 rings (SSSR count). The quantitative estimate of drug-likeness (QED) is 0.790. The van der Waals surface area contributed by atoms with Crippen LogP contribution < -0.4 is 5.32 Å². The number of rotatable bonds is 4. The Morgan fingerprint density at radius 1 is 1.29 bits per heavy atom. The lowest BCUT2D eigenvalue weighted by Gasteiger charge is -2.10. The maximum Gasteiger partial charge on any atom is 0.257 e. The Morgan fingerprint density at radius 3 is 2.52 bits per heavy atom. The Bertz CT molecular complexity index is 641. The topological polar surface area (TPSA) is 42.0 Å². The SMILES string of the molecule is CCC(C)c1ccc(NC(=O)c2cnc(Cl)c(Cl)c2)cc1. The van der Waals surface area contributed by atoms with Gasteiger partial charge in [-0.25, -0.2) is 4.98 Å². The minimum absolute atomic E-state index is 0.186. The molecule has 1 aromatic carbocycles. The largest absolute Gasteiger partial charge is 0.322 e. The summed E-state index contributed by atoms with van der Waals surface area (Å²) in [6.45, 7) is 4.33. The molecule has 1 heterocycles. The van der Waals surface area contributed by atoms with Gasteiger partial charge in [0.05, 0.1) is 10.6 Å². The van der Waals surface area contributed by atoms with E-state index in [0.29, 0.717) is 11.5 Å². The molecule has 0 radical (unpaired) electrons. The molecule has 0 fully saturated rings. The number of hydrogen-bond acceptors (Lipinski definition) is 2. The molecule has 1 N–H and O–H groups in total. The van der Waals surface area contributed by atoms with E-state index in [1.807, 2.05) is 24.3 Å². The number of carbonyl (C=O) groups excluding carboxylic acids is 1. The molecule has 2 aromatic rings. The maximum absolute atomic E-state index is 12.1. The monoisotopic (exact) mass is 322 g/mol. The first kappa shape index (κ1) is 15.8. The average molecular weight is 323 g/mol. The summed E-state index contributed by atoms with van der Waals surface area (Å²) >= 11 is 11.6. The second kappa shape index (κ2) is 6.92. The summed E-state index contributed by atoms with van der Waals surface area (Å²) in [6.07, 6.45) is 2.48. The number of anilines is 1. The van der Waals surface area contributed by atoms with Crippen molar-refractivity contribution in [3.8, 4) is 0 Å². The van der Waals surface area contributed by atoms with Crippen LogP contribution in [0.25, 0.3) is 0 Å². The normalized spacial score (nSPS) is 12.0. The van der Waals surface area contributed by atoms with Gasteiger partial charge in [-0.1, -0.05) is 49.2 Å². The fourth-order valence-electron chi connectivity index (χ4n) is 1.88. The molecule has 110 valence electrons. The second-order valence-electron chi connectivity index (χ2n) is 4.88. The number of carbonyl (C=O) groups is 1. The molecule has 0 bridgehead atoms. The van der Waals surface area contributed by atoms with Crippen LogP contribution in [-0.2, 0) is 0 Å². The zero-order valence-corrected chi connectivity index (χ0v) is 13.4. The van der Waals surface area contributed by atoms with Crippen LogP contribution in [0, 0.1) is 0 Å². The fraction of sp³-hybridized carbons (Fsp3) is 0.250. The molecule has 1 amide bonds. The van der Waals surface area contributed by atoms with Crippen LogP contribution in [-0.4, -0.2) is 10.9 Å². The van der Waals surface area contributed by atoms with Crippen LogP contribution in [0.1, 0.15) is 42.1 Å². The van der Waals surface area contributed by atoms with Crippen LogP contribution >= 0.6 is 23.2 Å². The van der Waals surface area contributed by atoms with E-state index in [-0.39, 0.29) is 16.1 Å². The summed E-state index contributed by atoms with van der Waals surface area (Å²) in [5.74, 6) is 0.242. The summed E-state index contributed by atoms with van der Waals surface area (Å²) < 4.78 is 0. The van der Waals surface area contributed by atoms with Crippen molar-refractivity contribution in [3.05, 3.63) is 57.8 Å². The van der Waals surface area contributed by atoms with Crippen LogP contribution in [0.15, 0.2) is 36.5 Å². The van der Waals surface area contributed by atoms with Gasteiger partial charge in [-0.05, 0) is 36.1 Å². The maximum atomic E-state index is 12.1. The van der Waals surface area contributed by atoms with Gasteiger partial charge in [0.2, 0.25) is 0 Å². The molecule has 0 aliphatic heterocycles. The molecule has 1 aromatic heterocycles.